The molecule has 1 unspecified atom stereocenters. The molecule has 0 saturated carbocycles. The Balaban J connectivity index is 2.00. The van der Waals surface area contributed by atoms with E-state index in [-0.39, 0.29) is 11.7 Å². The van der Waals surface area contributed by atoms with Gasteiger partial charge >= 0.3 is 0 Å². The summed E-state index contributed by atoms with van der Waals surface area (Å²) in [5.41, 5.74) is 1.02. The lowest BCUT2D eigenvalue weighted by molar-refractivity contribution is 0.626. The molecule has 3 heteroatoms. The zero-order valence-corrected chi connectivity index (χ0v) is 10.5. The summed E-state index contributed by atoms with van der Waals surface area (Å²) in [6, 6.07) is 18.4. The molecule has 18 heavy (non-hydrogen) atoms. The average molecular weight is 257 g/mol. The molecule has 1 nitrogen and oxygen atoms in total. The van der Waals surface area contributed by atoms with Crippen LogP contribution in [-0.2, 0) is 0 Å². The summed E-state index contributed by atoms with van der Waals surface area (Å²) in [5.74, 6) is 0.298. The Labute approximate surface area is 110 Å². The van der Waals surface area contributed by atoms with Crippen LogP contribution in [0, 0.1) is 17.1 Å². The molecule has 0 aromatic heterocycles. The topological polar surface area (TPSA) is 23.8 Å². The molecule has 0 fully saturated rings. The molecule has 1 atom stereocenters. The van der Waals surface area contributed by atoms with Gasteiger partial charge in [-0.15, -0.1) is 11.8 Å². The maximum absolute atomic E-state index is 12.8. The largest absolute Gasteiger partial charge is 0.207 e. The zero-order valence-electron chi connectivity index (χ0n) is 9.71. The molecule has 0 saturated heterocycles. The molecule has 0 amide bonds. The fourth-order valence-corrected chi connectivity index (χ4v) is 2.56. The van der Waals surface area contributed by atoms with E-state index in [4.69, 9.17) is 0 Å². The molecule has 90 valence electrons. The first kappa shape index (κ1) is 12.7. The number of nitrogens with zero attached hydrogens (tertiary/aromatic N) is 1. The summed E-state index contributed by atoms with van der Waals surface area (Å²) in [6.07, 6.45) is 0. The average Bonchev–Trinajstić information content (AvgIpc) is 2.43. The van der Waals surface area contributed by atoms with Crippen molar-refractivity contribution in [2.75, 3.05) is 5.75 Å². The Morgan fingerprint density at radius 1 is 1.06 bits per heavy atom. The van der Waals surface area contributed by atoms with Crippen LogP contribution in [0.2, 0.25) is 0 Å². The molecule has 0 N–H and O–H groups in total. The fourth-order valence-electron chi connectivity index (χ4n) is 1.60. The maximum Gasteiger partial charge on any atom is 0.123 e. The Hall–Kier alpha value is -1.79. The van der Waals surface area contributed by atoms with Gasteiger partial charge in [-0.3, -0.25) is 0 Å². The fraction of sp³-hybridized carbons (Fsp3) is 0.133. The van der Waals surface area contributed by atoms with Crippen LogP contribution >= 0.6 is 11.8 Å². The minimum Gasteiger partial charge on any atom is -0.207 e. The number of hydrogen-bond donors (Lipinski definition) is 0. The van der Waals surface area contributed by atoms with Crippen LogP contribution in [0.1, 0.15) is 11.5 Å². The predicted octanol–water partition coefficient (Wildman–Crippen LogP) is 4.23. The third kappa shape index (κ3) is 3.35. The molecule has 0 bridgehead atoms. The standard InChI is InChI=1S/C15H12FNS/c16-14-6-8-15(9-7-14)18-11-13(10-17)12-4-2-1-3-5-12/h1-9,13H,11H2. The van der Waals surface area contributed by atoms with Crippen molar-refractivity contribution in [3.8, 4) is 6.07 Å². The van der Waals surface area contributed by atoms with Gasteiger partial charge in [0.25, 0.3) is 0 Å². The van der Waals surface area contributed by atoms with Gasteiger partial charge in [-0.25, -0.2) is 4.39 Å². The van der Waals surface area contributed by atoms with Gasteiger partial charge in [-0.05, 0) is 29.8 Å². The summed E-state index contributed by atoms with van der Waals surface area (Å²) in [5, 5.41) is 9.18. The second kappa shape index (κ2) is 6.23. The van der Waals surface area contributed by atoms with Gasteiger partial charge < -0.3 is 0 Å². The van der Waals surface area contributed by atoms with Crippen molar-refractivity contribution in [3.63, 3.8) is 0 Å². The first-order valence-corrected chi connectivity index (χ1v) is 6.61. The van der Waals surface area contributed by atoms with Gasteiger partial charge in [0.2, 0.25) is 0 Å². The molecule has 2 aromatic rings. The third-order valence-electron chi connectivity index (χ3n) is 2.59. The van der Waals surface area contributed by atoms with E-state index in [9.17, 15) is 9.65 Å². The molecule has 2 aromatic carbocycles. The molecule has 0 aliphatic rings. The maximum atomic E-state index is 12.8. The van der Waals surface area contributed by atoms with E-state index in [0.29, 0.717) is 5.75 Å². The van der Waals surface area contributed by atoms with E-state index in [0.717, 1.165) is 10.5 Å². The Kier molecular flexibility index (Phi) is 4.38. The Bertz CT molecular complexity index is 531. The first-order valence-electron chi connectivity index (χ1n) is 5.62. The summed E-state index contributed by atoms with van der Waals surface area (Å²) in [7, 11) is 0. The quantitative estimate of drug-likeness (QED) is 0.765. The molecule has 2 rings (SSSR count). The van der Waals surface area contributed by atoms with Crippen molar-refractivity contribution < 1.29 is 4.39 Å². The molecule has 0 aliphatic heterocycles. The lowest BCUT2D eigenvalue weighted by Gasteiger charge is -2.08. The number of nitriles is 1. The summed E-state index contributed by atoms with van der Waals surface area (Å²) in [4.78, 5) is 0.979. The number of hydrogen-bond acceptors (Lipinski definition) is 2. The summed E-state index contributed by atoms with van der Waals surface area (Å²) in [6.45, 7) is 0. The number of rotatable bonds is 4. The molecule has 0 heterocycles. The normalized spacial score (nSPS) is 11.8. The molecular weight excluding hydrogens is 245 g/mol. The lowest BCUT2D eigenvalue weighted by atomic mass is 10.0. The van der Waals surface area contributed by atoms with Gasteiger partial charge in [0.1, 0.15) is 5.82 Å². The van der Waals surface area contributed by atoms with Crippen molar-refractivity contribution >= 4 is 11.8 Å². The number of benzene rings is 2. The minimum atomic E-state index is -0.237. The predicted molar refractivity (Wildman–Crippen MR) is 71.9 cm³/mol. The molecule has 0 aliphatic carbocycles. The van der Waals surface area contributed by atoms with Gasteiger partial charge in [-0.2, -0.15) is 5.26 Å². The second-order valence-electron chi connectivity index (χ2n) is 3.86. The highest BCUT2D eigenvalue weighted by molar-refractivity contribution is 7.99. The van der Waals surface area contributed by atoms with E-state index in [1.54, 1.807) is 23.9 Å². The van der Waals surface area contributed by atoms with Crippen LogP contribution in [-0.4, -0.2) is 5.75 Å². The van der Waals surface area contributed by atoms with Crippen LogP contribution in [0.5, 0.6) is 0 Å². The minimum absolute atomic E-state index is 0.138. The van der Waals surface area contributed by atoms with E-state index in [1.165, 1.54) is 12.1 Å². The van der Waals surface area contributed by atoms with Gasteiger partial charge in [-0.1, -0.05) is 30.3 Å². The Morgan fingerprint density at radius 3 is 2.33 bits per heavy atom. The Morgan fingerprint density at radius 2 is 1.72 bits per heavy atom. The highest BCUT2D eigenvalue weighted by Gasteiger charge is 2.10. The van der Waals surface area contributed by atoms with Gasteiger partial charge in [0, 0.05) is 10.6 Å². The van der Waals surface area contributed by atoms with Crippen LogP contribution < -0.4 is 0 Å². The SMILES string of the molecule is N#CC(CSc1ccc(F)cc1)c1ccccc1. The highest BCUT2D eigenvalue weighted by atomic mass is 32.2. The van der Waals surface area contributed by atoms with Gasteiger partial charge in [0.05, 0.1) is 12.0 Å². The van der Waals surface area contributed by atoms with Crippen LogP contribution in [0.25, 0.3) is 0 Å². The van der Waals surface area contributed by atoms with Crippen LogP contribution in [0.4, 0.5) is 4.39 Å². The van der Waals surface area contributed by atoms with Crippen molar-refractivity contribution in [1.82, 2.24) is 0 Å². The van der Waals surface area contributed by atoms with Crippen LogP contribution in [0.3, 0.4) is 0 Å². The van der Waals surface area contributed by atoms with E-state index in [1.807, 2.05) is 30.3 Å². The highest BCUT2D eigenvalue weighted by Crippen LogP contribution is 2.25. The van der Waals surface area contributed by atoms with Gasteiger partial charge in [0.15, 0.2) is 0 Å². The molecule has 0 spiro atoms. The van der Waals surface area contributed by atoms with E-state index < -0.39 is 0 Å². The zero-order chi connectivity index (χ0) is 12.8. The van der Waals surface area contributed by atoms with Crippen molar-refractivity contribution in [2.45, 2.75) is 10.8 Å². The molecule has 0 radical (unpaired) electrons. The first-order chi connectivity index (χ1) is 8.79. The number of thioether (sulfide) groups is 1. The second-order valence-corrected chi connectivity index (χ2v) is 4.95. The van der Waals surface area contributed by atoms with E-state index >= 15 is 0 Å². The van der Waals surface area contributed by atoms with Crippen molar-refractivity contribution in [3.05, 3.63) is 66.0 Å². The summed E-state index contributed by atoms with van der Waals surface area (Å²) >= 11 is 1.57. The van der Waals surface area contributed by atoms with Crippen molar-refractivity contribution in [1.29, 1.82) is 5.26 Å². The monoisotopic (exact) mass is 257 g/mol. The van der Waals surface area contributed by atoms with Crippen LogP contribution in [0.15, 0.2) is 59.5 Å². The van der Waals surface area contributed by atoms with E-state index in [2.05, 4.69) is 6.07 Å². The van der Waals surface area contributed by atoms with Crippen molar-refractivity contribution in [2.24, 2.45) is 0 Å². The third-order valence-corrected chi connectivity index (χ3v) is 3.69. The molecular formula is C15H12FNS. The number of halogens is 1. The lowest BCUT2D eigenvalue weighted by Crippen LogP contribution is -1.98. The summed E-state index contributed by atoms with van der Waals surface area (Å²) < 4.78 is 12.8. The smallest absolute Gasteiger partial charge is 0.123 e.